The second kappa shape index (κ2) is 4.42. The number of fused-ring (bicyclic) bond motifs is 1. The number of hydrogen-bond acceptors (Lipinski definition) is 4. The molecule has 0 radical (unpaired) electrons. The summed E-state index contributed by atoms with van der Waals surface area (Å²) in [5, 5.41) is 2.79. The Hall–Kier alpha value is -1.88. The number of aromatic nitrogens is 1. The minimum absolute atomic E-state index is 0.113. The minimum Gasteiger partial charge on any atom is -0.441 e. The molecule has 0 aliphatic rings. The molecular formula is C13H17N3O2. The average molecular weight is 247 g/mol. The maximum Gasteiger partial charge on any atom is 0.226 e. The second-order valence-electron chi connectivity index (χ2n) is 5.13. The monoisotopic (exact) mass is 247 g/mol. The Balaban J connectivity index is 2.14. The van der Waals surface area contributed by atoms with Gasteiger partial charge < -0.3 is 15.5 Å². The molecule has 96 valence electrons. The fourth-order valence-corrected chi connectivity index (χ4v) is 1.74. The van der Waals surface area contributed by atoms with Crippen LogP contribution < -0.4 is 11.1 Å². The quantitative estimate of drug-likeness (QED) is 0.871. The Labute approximate surface area is 105 Å². The number of carbonyl (C=O) groups excluding carboxylic acids is 1. The fraction of sp³-hybridized carbons (Fsp3) is 0.385. The van der Waals surface area contributed by atoms with Crippen LogP contribution in [0.1, 0.15) is 26.2 Å². The van der Waals surface area contributed by atoms with Crippen LogP contribution in [0.4, 0.5) is 5.69 Å². The van der Waals surface area contributed by atoms with E-state index in [0.29, 0.717) is 17.2 Å². The van der Waals surface area contributed by atoms with Crippen LogP contribution in [0.25, 0.3) is 11.1 Å². The van der Waals surface area contributed by atoms with E-state index in [-0.39, 0.29) is 12.3 Å². The van der Waals surface area contributed by atoms with E-state index in [1.807, 2.05) is 19.9 Å². The highest BCUT2D eigenvalue weighted by Gasteiger charge is 2.16. The van der Waals surface area contributed by atoms with Gasteiger partial charge in [0, 0.05) is 30.6 Å². The Bertz CT molecular complexity index is 581. The molecule has 5 heteroatoms. The van der Waals surface area contributed by atoms with Crippen molar-refractivity contribution in [3.05, 3.63) is 24.1 Å². The smallest absolute Gasteiger partial charge is 0.226 e. The molecule has 0 fully saturated rings. The molecule has 1 amide bonds. The van der Waals surface area contributed by atoms with Crippen LogP contribution in [0, 0.1) is 6.92 Å². The zero-order chi connectivity index (χ0) is 13.3. The van der Waals surface area contributed by atoms with Crippen molar-refractivity contribution in [1.29, 1.82) is 0 Å². The lowest BCUT2D eigenvalue weighted by Gasteiger charge is -2.17. The maximum absolute atomic E-state index is 11.7. The van der Waals surface area contributed by atoms with E-state index < -0.39 is 5.54 Å². The van der Waals surface area contributed by atoms with E-state index in [0.717, 1.165) is 5.52 Å². The molecule has 2 aromatic rings. The molecule has 18 heavy (non-hydrogen) atoms. The van der Waals surface area contributed by atoms with Gasteiger partial charge in [-0.05, 0) is 26.0 Å². The number of carbonyl (C=O) groups is 1. The molecule has 0 bridgehead atoms. The van der Waals surface area contributed by atoms with E-state index in [4.69, 9.17) is 10.2 Å². The fourth-order valence-electron chi connectivity index (χ4n) is 1.74. The number of rotatable bonds is 3. The number of oxazole rings is 1. The number of nitrogens with one attached hydrogen (secondary N) is 1. The van der Waals surface area contributed by atoms with Gasteiger partial charge in [-0.15, -0.1) is 0 Å². The third kappa shape index (κ3) is 3.07. The summed E-state index contributed by atoms with van der Waals surface area (Å²) in [6.07, 6.45) is 0.264. The molecule has 0 aliphatic heterocycles. The molecule has 0 unspecified atom stereocenters. The average Bonchev–Trinajstić information content (AvgIpc) is 2.53. The summed E-state index contributed by atoms with van der Waals surface area (Å²) < 4.78 is 5.40. The van der Waals surface area contributed by atoms with Gasteiger partial charge in [0.05, 0.1) is 0 Å². The number of benzene rings is 1. The molecule has 1 heterocycles. The highest BCUT2D eigenvalue weighted by Crippen LogP contribution is 2.20. The summed E-state index contributed by atoms with van der Waals surface area (Å²) in [4.78, 5) is 15.9. The highest BCUT2D eigenvalue weighted by molar-refractivity contribution is 5.93. The third-order valence-corrected chi connectivity index (χ3v) is 2.40. The van der Waals surface area contributed by atoms with Gasteiger partial charge in [-0.25, -0.2) is 4.98 Å². The summed E-state index contributed by atoms with van der Waals surface area (Å²) in [5.41, 5.74) is 7.41. The van der Waals surface area contributed by atoms with Gasteiger partial charge in [0.2, 0.25) is 5.91 Å². The summed E-state index contributed by atoms with van der Waals surface area (Å²) in [7, 11) is 0. The molecule has 5 nitrogen and oxygen atoms in total. The van der Waals surface area contributed by atoms with Crippen LogP contribution in [-0.2, 0) is 4.79 Å². The van der Waals surface area contributed by atoms with Crippen molar-refractivity contribution in [3.63, 3.8) is 0 Å². The summed E-state index contributed by atoms with van der Waals surface area (Å²) in [6, 6.07) is 5.37. The summed E-state index contributed by atoms with van der Waals surface area (Å²) in [5.74, 6) is 0.495. The Morgan fingerprint density at radius 3 is 2.89 bits per heavy atom. The Kier molecular flexibility index (Phi) is 3.09. The third-order valence-electron chi connectivity index (χ3n) is 2.40. The molecule has 1 aromatic carbocycles. The lowest BCUT2D eigenvalue weighted by Crippen LogP contribution is -2.36. The second-order valence-corrected chi connectivity index (χ2v) is 5.13. The van der Waals surface area contributed by atoms with Crippen LogP contribution >= 0.6 is 0 Å². The van der Waals surface area contributed by atoms with Gasteiger partial charge in [-0.1, -0.05) is 0 Å². The first-order chi connectivity index (χ1) is 8.33. The van der Waals surface area contributed by atoms with Crippen molar-refractivity contribution < 1.29 is 9.21 Å². The zero-order valence-corrected chi connectivity index (χ0v) is 10.8. The number of nitrogens with two attached hydrogens (primary N) is 1. The number of aryl methyl sites for hydroxylation is 1. The summed E-state index contributed by atoms with van der Waals surface area (Å²) >= 11 is 0. The topological polar surface area (TPSA) is 81.2 Å². The molecule has 0 saturated heterocycles. The first-order valence-electron chi connectivity index (χ1n) is 5.79. The van der Waals surface area contributed by atoms with E-state index in [2.05, 4.69) is 10.3 Å². The minimum atomic E-state index is -0.517. The predicted molar refractivity (Wildman–Crippen MR) is 70.3 cm³/mol. The highest BCUT2D eigenvalue weighted by atomic mass is 16.3. The van der Waals surface area contributed by atoms with Gasteiger partial charge in [0.15, 0.2) is 11.5 Å². The van der Waals surface area contributed by atoms with E-state index in [9.17, 15) is 4.79 Å². The van der Waals surface area contributed by atoms with Gasteiger partial charge in [-0.2, -0.15) is 0 Å². The van der Waals surface area contributed by atoms with Crippen molar-refractivity contribution in [3.8, 4) is 0 Å². The largest absolute Gasteiger partial charge is 0.441 e. The predicted octanol–water partition coefficient (Wildman–Crippen LogP) is 2.20. The first-order valence-corrected chi connectivity index (χ1v) is 5.79. The molecule has 0 spiro atoms. The van der Waals surface area contributed by atoms with E-state index in [1.165, 1.54) is 0 Å². The van der Waals surface area contributed by atoms with Crippen molar-refractivity contribution in [2.24, 2.45) is 5.73 Å². The first kappa shape index (κ1) is 12.6. The number of hydrogen-bond donors (Lipinski definition) is 2. The standard InChI is InChI=1S/C13H17N3O2/c1-8-15-10-5-4-9(6-11(10)18-8)16-12(17)7-13(2,3)14/h4-6H,7,14H2,1-3H3,(H,16,17). The van der Waals surface area contributed by atoms with Crippen molar-refractivity contribution in [2.75, 3.05) is 5.32 Å². The van der Waals surface area contributed by atoms with Gasteiger partial charge in [0.1, 0.15) is 5.52 Å². The Morgan fingerprint density at radius 2 is 2.22 bits per heavy atom. The van der Waals surface area contributed by atoms with Crippen molar-refractivity contribution >= 4 is 22.7 Å². The lowest BCUT2D eigenvalue weighted by atomic mass is 10.0. The molecule has 0 saturated carbocycles. The Morgan fingerprint density at radius 1 is 1.50 bits per heavy atom. The van der Waals surface area contributed by atoms with Gasteiger partial charge in [0.25, 0.3) is 0 Å². The van der Waals surface area contributed by atoms with Gasteiger partial charge >= 0.3 is 0 Å². The molecule has 3 N–H and O–H groups in total. The maximum atomic E-state index is 11.7. The van der Waals surface area contributed by atoms with Crippen LogP contribution in [-0.4, -0.2) is 16.4 Å². The number of amides is 1. The van der Waals surface area contributed by atoms with Gasteiger partial charge in [-0.3, -0.25) is 4.79 Å². The molecule has 2 rings (SSSR count). The molecule has 0 aliphatic carbocycles. The van der Waals surface area contributed by atoms with Crippen LogP contribution in [0.2, 0.25) is 0 Å². The van der Waals surface area contributed by atoms with Crippen LogP contribution in [0.3, 0.4) is 0 Å². The number of nitrogens with zero attached hydrogens (tertiary/aromatic N) is 1. The molecule has 1 aromatic heterocycles. The molecule has 0 atom stereocenters. The van der Waals surface area contributed by atoms with Crippen LogP contribution in [0.5, 0.6) is 0 Å². The van der Waals surface area contributed by atoms with Crippen LogP contribution in [0.15, 0.2) is 22.6 Å². The van der Waals surface area contributed by atoms with E-state index >= 15 is 0 Å². The lowest BCUT2D eigenvalue weighted by molar-refractivity contribution is -0.117. The normalized spacial score (nSPS) is 11.8. The van der Waals surface area contributed by atoms with Crippen molar-refractivity contribution in [1.82, 2.24) is 4.98 Å². The van der Waals surface area contributed by atoms with Crippen molar-refractivity contribution in [2.45, 2.75) is 32.7 Å². The molecular weight excluding hydrogens is 230 g/mol. The SMILES string of the molecule is Cc1nc2ccc(NC(=O)CC(C)(C)N)cc2o1. The van der Waals surface area contributed by atoms with E-state index in [1.54, 1.807) is 19.1 Å². The summed E-state index contributed by atoms with van der Waals surface area (Å²) in [6.45, 7) is 5.42. The zero-order valence-electron chi connectivity index (χ0n) is 10.8. The number of anilines is 1.